The highest BCUT2D eigenvalue weighted by Gasteiger charge is 1.98. The maximum absolute atomic E-state index is 5.68. The van der Waals surface area contributed by atoms with Gasteiger partial charge < -0.3 is 11.1 Å². The van der Waals surface area contributed by atoms with Crippen molar-refractivity contribution in [1.29, 1.82) is 0 Å². The van der Waals surface area contributed by atoms with Gasteiger partial charge in [0.05, 0.1) is 0 Å². The minimum atomic E-state index is 0.626. The van der Waals surface area contributed by atoms with Gasteiger partial charge in [-0.1, -0.05) is 6.92 Å². The second-order valence-electron chi connectivity index (χ2n) is 2.84. The van der Waals surface area contributed by atoms with E-state index in [0.29, 0.717) is 5.82 Å². The smallest absolute Gasteiger partial charge is 0.127 e. The molecular formula is C9H15N3. The van der Waals surface area contributed by atoms with Crippen molar-refractivity contribution in [3.05, 3.63) is 23.4 Å². The van der Waals surface area contributed by atoms with E-state index >= 15 is 0 Å². The first-order valence-electron chi connectivity index (χ1n) is 4.15. The van der Waals surface area contributed by atoms with Crippen LogP contribution in [-0.2, 0) is 6.54 Å². The first-order chi connectivity index (χ1) is 5.74. The van der Waals surface area contributed by atoms with Gasteiger partial charge in [0, 0.05) is 18.3 Å². The third-order valence-electron chi connectivity index (χ3n) is 1.70. The fraction of sp³-hybridized carbons (Fsp3) is 0.444. The van der Waals surface area contributed by atoms with Crippen LogP contribution in [0.1, 0.15) is 18.1 Å². The SMILES string of the molecule is CCNCc1cc(C)cnc1N. The Bertz CT molecular complexity index is 258. The number of nitrogens with one attached hydrogen (secondary N) is 1. The molecule has 3 heteroatoms. The normalized spacial score (nSPS) is 10.2. The molecule has 0 aromatic carbocycles. The highest BCUT2D eigenvalue weighted by molar-refractivity contribution is 5.40. The Balaban J connectivity index is 2.75. The summed E-state index contributed by atoms with van der Waals surface area (Å²) < 4.78 is 0. The minimum absolute atomic E-state index is 0.626. The van der Waals surface area contributed by atoms with Gasteiger partial charge in [-0.05, 0) is 25.1 Å². The van der Waals surface area contributed by atoms with Crippen LogP contribution in [0.15, 0.2) is 12.3 Å². The van der Waals surface area contributed by atoms with Crippen molar-refractivity contribution in [2.75, 3.05) is 12.3 Å². The lowest BCUT2D eigenvalue weighted by Gasteiger charge is -2.05. The molecule has 0 aliphatic carbocycles. The number of rotatable bonds is 3. The van der Waals surface area contributed by atoms with E-state index in [4.69, 9.17) is 5.73 Å². The largest absolute Gasteiger partial charge is 0.383 e. The molecule has 3 nitrogen and oxygen atoms in total. The zero-order valence-electron chi connectivity index (χ0n) is 7.59. The second kappa shape index (κ2) is 4.07. The van der Waals surface area contributed by atoms with Gasteiger partial charge in [0.25, 0.3) is 0 Å². The molecule has 0 spiro atoms. The fourth-order valence-corrected chi connectivity index (χ4v) is 1.04. The van der Waals surface area contributed by atoms with E-state index in [1.165, 1.54) is 0 Å². The van der Waals surface area contributed by atoms with Gasteiger partial charge in [0.1, 0.15) is 5.82 Å². The van der Waals surface area contributed by atoms with Gasteiger partial charge in [0.2, 0.25) is 0 Å². The van der Waals surface area contributed by atoms with Crippen LogP contribution in [0.4, 0.5) is 5.82 Å². The Morgan fingerprint density at radius 1 is 1.58 bits per heavy atom. The summed E-state index contributed by atoms with van der Waals surface area (Å²) >= 11 is 0. The van der Waals surface area contributed by atoms with E-state index in [-0.39, 0.29) is 0 Å². The van der Waals surface area contributed by atoms with Gasteiger partial charge >= 0.3 is 0 Å². The van der Waals surface area contributed by atoms with Crippen LogP contribution in [0.3, 0.4) is 0 Å². The van der Waals surface area contributed by atoms with Gasteiger partial charge in [0.15, 0.2) is 0 Å². The predicted octanol–water partition coefficient (Wildman–Crippen LogP) is 1.08. The number of pyridine rings is 1. The van der Waals surface area contributed by atoms with Crippen molar-refractivity contribution in [2.24, 2.45) is 0 Å². The number of hydrogen-bond donors (Lipinski definition) is 2. The molecule has 0 aliphatic rings. The lowest BCUT2D eigenvalue weighted by Crippen LogP contribution is -2.13. The highest BCUT2D eigenvalue weighted by Crippen LogP contribution is 2.09. The van der Waals surface area contributed by atoms with Crippen molar-refractivity contribution in [3.8, 4) is 0 Å². The maximum atomic E-state index is 5.68. The lowest BCUT2D eigenvalue weighted by atomic mass is 10.2. The molecule has 0 atom stereocenters. The number of hydrogen-bond acceptors (Lipinski definition) is 3. The van der Waals surface area contributed by atoms with Crippen LogP contribution in [0.5, 0.6) is 0 Å². The number of nitrogen functional groups attached to an aromatic ring is 1. The van der Waals surface area contributed by atoms with Gasteiger partial charge in [-0.25, -0.2) is 4.98 Å². The first kappa shape index (κ1) is 9.00. The van der Waals surface area contributed by atoms with Crippen molar-refractivity contribution in [2.45, 2.75) is 20.4 Å². The molecule has 12 heavy (non-hydrogen) atoms. The average molecular weight is 165 g/mol. The summed E-state index contributed by atoms with van der Waals surface area (Å²) in [6.45, 7) is 5.84. The predicted molar refractivity (Wildman–Crippen MR) is 50.8 cm³/mol. The van der Waals surface area contributed by atoms with Crippen LogP contribution in [0.25, 0.3) is 0 Å². The Morgan fingerprint density at radius 3 is 3.00 bits per heavy atom. The molecule has 0 aliphatic heterocycles. The number of nitrogens with two attached hydrogens (primary N) is 1. The Morgan fingerprint density at radius 2 is 2.33 bits per heavy atom. The fourth-order valence-electron chi connectivity index (χ4n) is 1.04. The lowest BCUT2D eigenvalue weighted by molar-refractivity contribution is 0.725. The average Bonchev–Trinajstić information content (AvgIpc) is 2.07. The molecular weight excluding hydrogens is 150 g/mol. The van der Waals surface area contributed by atoms with Crippen molar-refractivity contribution in [1.82, 2.24) is 10.3 Å². The molecule has 0 saturated heterocycles. The quantitative estimate of drug-likeness (QED) is 0.704. The zero-order valence-corrected chi connectivity index (χ0v) is 7.59. The number of nitrogens with zero attached hydrogens (tertiary/aromatic N) is 1. The van der Waals surface area contributed by atoms with E-state index in [2.05, 4.69) is 23.3 Å². The van der Waals surface area contributed by atoms with Crippen molar-refractivity contribution < 1.29 is 0 Å². The Kier molecular flexibility index (Phi) is 3.05. The maximum Gasteiger partial charge on any atom is 0.127 e. The third-order valence-corrected chi connectivity index (χ3v) is 1.70. The van der Waals surface area contributed by atoms with Gasteiger partial charge in [-0.2, -0.15) is 0 Å². The molecule has 1 rings (SSSR count). The molecule has 66 valence electrons. The van der Waals surface area contributed by atoms with Gasteiger partial charge in [-0.3, -0.25) is 0 Å². The van der Waals surface area contributed by atoms with Crippen LogP contribution in [0, 0.1) is 6.92 Å². The number of aromatic nitrogens is 1. The molecule has 1 heterocycles. The molecule has 0 unspecified atom stereocenters. The molecule has 1 aromatic rings. The minimum Gasteiger partial charge on any atom is -0.383 e. The van der Waals surface area contributed by atoms with E-state index in [1.54, 1.807) is 6.20 Å². The van der Waals surface area contributed by atoms with Crippen molar-refractivity contribution in [3.63, 3.8) is 0 Å². The summed E-state index contributed by atoms with van der Waals surface area (Å²) in [6, 6.07) is 2.06. The van der Waals surface area contributed by atoms with Crippen LogP contribution in [0.2, 0.25) is 0 Å². The topological polar surface area (TPSA) is 50.9 Å². The summed E-state index contributed by atoms with van der Waals surface area (Å²) in [7, 11) is 0. The number of anilines is 1. The zero-order chi connectivity index (χ0) is 8.97. The van der Waals surface area contributed by atoms with Crippen molar-refractivity contribution >= 4 is 5.82 Å². The summed E-state index contributed by atoms with van der Waals surface area (Å²) in [6.07, 6.45) is 1.78. The molecule has 0 fully saturated rings. The van der Waals surface area contributed by atoms with E-state index in [0.717, 1.165) is 24.2 Å². The first-order valence-corrected chi connectivity index (χ1v) is 4.15. The molecule has 0 amide bonds. The van der Waals surface area contributed by atoms with E-state index in [1.807, 2.05) is 6.92 Å². The molecule has 0 saturated carbocycles. The van der Waals surface area contributed by atoms with Crippen LogP contribution >= 0.6 is 0 Å². The summed E-state index contributed by atoms with van der Waals surface area (Å²) in [5.74, 6) is 0.626. The Labute approximate surface area is 73.0 Å². The molecule has 3 N–H and O–H groups in total. The van der Waals surface area contributed by atoms with E-state index in [9.17, 15) is 0 Å². The standard InChI is InChI=1S/C9H15N3/c1-3-11-6-8-4-7(2)5-12-9(8)10/h4-5,11H,3,6H2,1-2H3,(H2,10,12). The summed E-state index contributed by atoms with van der Waals surface area (Å²) in [4.78, 5) is 4.07. The van der Waals surface area contributed by atoms with Crippen LogP contribution < -0.4 is 11.1 Å². The highest BCUT2D eigenvalue weighted by atomic mass is 14.9. The summed E-state index contributed by atoms with van der Waals surface area (Å²) in [5.41, 5.74) is 7.91. The summed E-state index contributed by atoms with van der Waals surface area (Å²) in [5, 5.41) is 3.21. The Hall–Kier alpha value is -1.09. The molecule has 0 radical (unpaired) electrons. The second-order valence-corrected chi connectivity index (χ2v) is 2.84. The monoisotopic (exact) mass is 165 g/mol. The van der Waals surface area contributed by atoms with E-state index < -0.39 is 0 Å². The molecule has 0 bridgehead atoms. The van der Waals surface area contributed by atoms with Gasteiger partial charge in [-0.15, -0.1) is 0 Å². The number of aryl methyl sites for hydroxylation is 1. The molecule has 1 aromatic heterocycles. The third kappa shape index (κ3) is 2.20. The van der Waals surface area contributed by atoms with Crippen LogP contribution in [-0.4, -0.2) is 11.5 Å².